The van der Waals surface area contributed by atoms with Crippen LogP contribution in [0.15, 0.2) is 42.5 Å². The Kier molecular flexibility index (Phi) is 5.86. The van der Waals surface area contributed by atoms with Crippen LogP contribution < -0.4 is 4.90 Å². The van der Waals surface area contributed by atoms with Crippen molar-refractivity contribution in [1.82, 2.24) is 9.88 Å². The predicted molar refractivity (Wildman–Crippen MR) is 122 cm³/mol. The van der Waals surface area contributed by atoms with Crippen LogP contribution >= 0.6 is 11.3 Å². The number of thiazole rings is 1. The number of carbonyl (C=O) groups is 1. The zero-order valence-corrected chi connectivity index (χ0v) is 18.3. The van der Waals surface area contributed by atoms with Gasteiger partial charge in [-0.15, -0.1) is 0 Å². The van der Waals surface area contributed by atoms with Crippen LogP contribution in [0, 0.1) is 0 Å². The van der Waals surface area contributed by atoms with Crippen LogP contribution in [-0.2, 0) is 17.6 Å². The van der Waals surface area contributed by atoms with Crippen molar-refractivity contribution in [1.29, 1.82) is 0 Å². The van der Waals surface area contributed by atoms with Crippen molar-refractivity contribution in [3.63, 3.8) is 0 Å². The molecule has 1 amide bonds. The van der Waals surface area contributed by atoms with Gasteiger partial charge < -0.3 is 9.80 Å². The van der Waals surface area contributed by atoms with Gasteiger partial charge in [0.2, 0.25) is 5.91 Å². The maximum atomic E-state index is 12.7. The molecular formula is C24H29N3OS. The van der Waals surface area contributed by atoms with E-state index in [9.17, 15) is 4.79 Å². The zero-order valence-electron chi connectivity index (χ0n) is 17.5. The fraction of sp³-hybridized carbons (Fsp3) is 0.417. The minimum absolute atomic E-state index is 0.221. The van der Waals surface area contributed by atoms with E-state index in [4.69, 9.17) is 4.98 Å². The molecule has 0 aliphatic carbocycles. The summed E-state index contributed by atoms with van der Waals surface area (Å²) in [6.07, 6.45) is 1.53. The smallest absolute Gasteiger partial charge is 0.227 e. The van der Waals surface area contributed by atoms with Gasteiger partial charge in [0.25, 0.3) is 0 Å². The summed E-state index contributed by atoms with van der Waals surface area (Å²) in [5.41, 5.74) is 4.84. The summed E-state index contributed by atoms with van der Waals surface area (Å²) in [5.74, 6) is 0.739. The first-order valence-corrected chi connectivity index (χ1v) is 11.4. The molecule has 4 nitrogen and oxygen atoms in total. The van der Waals surface area contributed by atoms with E-state index in [2.05, 4.69) is 68.1 Å². The number of hydrogen-bond donors (Lipinski definition) is 0. The third-order valence-corrected chi connectivity index (χ3v) is 6.83. The van der Waals surface area contributed by atoms with E-state index in [1.807, 2.05) is 4.90 Å². The van der Waals surface area contributed by atoms with Crippen molar-refractivity contribution in [3.8, 4) is 0 Å². The molecule has 4 rings (SSSR count). The molecule has 0 atom stereocenters. The van der Waals surface area contributed by atoms with Crippen LogP contribution in [0.2, 0.25) is 0 Å². The van der Waals surface area contributed by atoms with Gasteiger partial charge in [-0.05, 0) is 41.2 Å². The average molecular weight is 408 g/mol. The number of aryl methyl sites for hydroxylation is 1. The number of amides is 1. The molecule has 1 saturated heterocycles. The average Bonchev–Trinajstić information content (AvgIpc) is 3.17. The lowest BCUT2D eigenvalue weighted by Crippen LogP contribution is -2.49. The molecule has 1 aliphatic heterocycles. The van der Waals surface area contributed by atoms with Gasteiger partial charge >= 0.3 is 0 Å². The second-order valence-corrected chi connectivity index (χ2v) is 9.10. The first kappa shape index (κ1) is 19.9. The van der Waals surface area contributed by atoms with Gasteiger partial charge in [-0.3, -0.25) is 4.79 Å². The SMILES string of the molecule is CCc1ccc2nc(N3CCN(C(=O)Cc4ccc(C(C)C)cc4)CC3)sc2c1. The van der Waals surface area contributed by atoms with Crippen LogP contribution in [0.4, 0.5) is 5.13 Å². The molecule has 2 heterocycles. The molecule has 1 aliphatic rings. The zero-order chi connectivity index (χ0) is 20.4. The summed E-state index contributed by atoms with van der Waals surface area (Å²) in [6.45, 7) is 9.77. The monoisotopic (exact) mass is 407 g/mol. The van der Waals surface area contributed by atoms with Crippen molar-refractivity contribution in [3.05, 3.63) is 59.2 Å². The van der Waals surface area contributed by atoms with Crippen LogP contribution in [0.25, 0.3) is 10.2 Å². The summed E-state index contributed by atoms with van der Waals surface area (Å²) in [4.78, 5) is 21.9. The second kappa shape index (κ2) is 8.54. The van der Waals surface area contributed by atoms with E-state index in [1.165, 1.54) is 15.8 Å². The Morgan fingerprint density at radius 3 is 2.38 bits per heavy atom. The summed E-state index contributed by atoms with van der Waals surface area (Å²) in [5, 5.41) is 1.07. The molecule has 1 fully saturated rings. The highest BCUT2D eigenvalue weighted by atomic mass is 32.1. The molecular weight excluding hydrogens is 378 g/mol. The lowest BCUT2D eigenvalue weighted by atomic mass is 10.0. The number of carbonyl (C=O) groups excluding carboxylic acids is 1. The van der Waals surface area contributed by atoms with E-state index < -0.39 is 0 Å². The summed E-state index contributed by atoms with van der Waals surface area (Å²) in [7, 11) is 0. The standard InChI is InChI=1S/C24H29N3OS/c1-4-18-7-10-21-22(15-18)29-24(25-21)27-13-11-26(12-14-27)23(28)16-19-5-8-20(9-6-19)17(2)3/h5-10,15,17H,4,11-14,16H2,1-3H3. The van der Waals surface area contributed by atoms with Gasteiger partial charge in [0, 0.05) is 26.2 Å². The third-order valence-electron chi connectivity index (χ3n) is 5.75. The molecule has 29 heavy (non-hydrogen) atoms. The number of anilines is 1. The number of fused-ring (bicyclic) bond motifs is 1. The number of benzene rings is 2. The van der Waals surface area contributed by atoms with Crippen LogP contribution in [0.3, 0.4) is 0 Å². The lowest BCUT2D eigenvalue weighted by molar-refractivity contribution is -0.130. The third kappa shape index (κ3) is 4.45. The highest BCUT2D eigenvalue weighted by Gasteiger charge is 2.23. The van der Waals surface area contributed by atoms with Crippen molar-refractivity contribution >= 4 is 32.6 Å². The minimum Gasteiger partial charge on any atom is -0.345 e. The van der Waals surface area contributed by atoms with Crippen LogP contribution in [0.5, 0.6) is 0 Å². The highest BCUT2D eigenvalue weighted by Crippen LogP contribution is 2.30. The fourth-order valence-corrected chi connectivity index (χ4v) is 4.85. The topological polar surface area (TPSA) is 36.4 Å². The van der Waals surface area contributed by atoms with Crippen molar-refractivity contribution < 1.29 is 4.79 Å². The van der Waals surface area contributed by atoms with Crippen molar-refractivity contribution in [2.75, 3.05) is 31.1 Å². The van der Waals surface area contributed by atoms with Crippen molar-refractivity contribution in [2.45, 2.75) is 39.5 Å². The maximum Gasteiger partial charge on any atom is 0.227 e. The molecule has 0 N–H and O–H groups in total. The number of piperazine rings is 1. The Labute approximate surface area is 177 Å². The van der Waals surface area contributed by atoms with Gasteiger partial charge in [-0.1, -0.05) is 62.4 Å². The molecule has 3 aromatic rings. The summed E-state index contributed by atoms with van der Waals surface area (Å²) < 4.78 is 1.25. The normalized spacial score (nSPS) is 14.8. The Morgan fingerprint density at radius 1 is 1.03 bits per heavy atom. The van der Waals surface area contributed by atoms with Crippen molar-refractivity contribution in [2.24, 2.45) is 0 Å². The lowest BCUT2D eigenvalue weighted by Gasteiger charge is -2.34. The van der Waals surface area contributed by atoms with Gasteiger partial charge in [-0.2, -0.15) is 0 Å². The van der Waals surface area contributed by atoms with E-state index in [1.54, 1.807) is 11.3 Å². The summed E-state index contributed by atoms with van der Waals surface area (Å²) >= 11 is 1.76. The van der Waals surface area contributed by atoms with Gasteiger partial charge in [0.1, 0.15) is 0 Å². The molecule has 2 aromatic carbocycles. The number of aromatic nitrogens is 1. The molecule has 152 valence electrons. The van der Waals surface area contributed by atoms with Crippen LogP contribution in [0.1, 0.15) is 43.4 Å². The molecule has 0 saturated carbocycles. The molecule has 0 bridgehead atoms. The molecule has 1 aromatic heterocycles. The Balaban J connectivity index is 1.35. The van der Waals surface area contributed by atoms with E-state index in [0.717, 1.165) is 48.8 Å². The number of hydrogen-bond acceptors (Lipinski definition) is 4. The summed E-state index contributed by atoms with van der Waals surface area (Å²) in [6, 6.07) is 15.0. The Bertz CT molecular complexity index is 985. The minimum atomic E-state index is 0.221. The molecule has 0 radical (unpaired) electrons. The second-order valence-electron chi connectivity index (χ2n) is 8.09. The van der Waals surface area contributed by atoms with Gasteiger partial charge in [-0.25, -0.2) is 4.98 Å². The van der Waals surface area contributed by atoms with E-state index in [-0.39, 0.29) is 5.91 Å². The first-order valence-electron chi connectivity index (χ1n) is 10.5. The predicted octanol–water partition coefficient (Wildman–Crippen LogP) is 4.87. The quantitative estimate of drug-likeness (QED) is 0.605. The maximum absolute atomic E-state index is 12.7. The number of rotatable bonds is 5. The molecule has 0 unspecified atom stereocenters. The van der Waals surface area contributed by atoms with E-state index >= 15 is 0 Å². The fourth-order valence-electron chi connectivity index (χ4n) is 3.77. The molecule has 5 heteroatoms. The largest absolute Gasteiger partial charge is 0.345 e. The van der Waals surface area contributed by atoms with Crippen LogP contribution in [-0.4, -0.2) is 42.0 Å². The number of nitrogens with zero attached hydrogens (tertiary/aromatic N) is 3. The molecule has 0 spiro atoms. The highest BCUT2D eigenvalue weighted by molar-refractivity contribution is 7.22. The first-order chi connectivity index (χ1) is 14.0. The van der Waals surface area contributed by atoms with Gasteiger partial charge in [0.15, 0.2) is 5.13 Å². The van der Waals surface area contributed by atoms with E-state index in [0.29, 0.717) is 12.3 Å². The Hall–Kier alpha value is -2.40. The Morgan fingerprint density at radius 2 is 1.72 bits per heavy atom. The van der Waals surface area contributed by atoms with Gasteiger partial charge in [0.05, 0.1) is 16.6 Å².